The molecule has 26 heavy (non-hydrogen) atoms. The van der Waals surface area contributed by atoms with Crippen molar-refractivity contribution in [2.45, 2.75) is 39.3 Å². The van der Waals surface area contributed by atoms with Crippen LogP contribution in [0.3, 0.4) is 0 Å². The summed E-state index contributed by atoms with van der Waals surface area (Å²) in [6, 6.07) is 7.85. The molecule has 0 unspecified atom stereocenters. The van der Waals surface area contributed by atoms with E-state index in [1.807, 2.05) is 30.5 Å². The normalized spacial score (nSPS) is 14.6. The molecule has 0 aliphatic carbocycles. The Kier molecular flexibility index (Phi) is 5.02. The van der Waals surface area contributed by atoms with E-state index in [9.17, 15) is 0 Å². The van der Waals surface area contributed by atoms with Crippen molar-refractivity contribution >= 4 is 22.9 Å². The summed E-state index contributed by atoms with van der Waals surface area (Å²) in [7, 11) is 0. The van der Waals surface area contributed by atoms with Gasteiger partial charge in [-0.3, -0.25) is 4.90 Å². The summed E-state index contributed by atoms with van der Waals surface area (Å²) in [5, 5.41) is 3.94. The van der Waals surface area contributed by atoms with Crippen LogP contribution in [0.2, 0.25) is 5.02 Å². The van der Waals surface area contributed by atoms with Gasteiger partial charge in [0.1, 0.15) is 10.8 Å². The van der Waals surface area contributed by atoms with Crippen LogP contribution >= 0.6 is 22.9 Å². The largest absolute Gasteiger partial charge is 0.293 e. The molecule has 3 aromatic rings. The molecule has 0 fully saturated rings. The van der Waals surface area contributed by atoms with Crippen molar-refractivity contribution in [1.29, 1.82) is 0 Å². The SMILES string of the molecule is CC(C)c1ncc2c(n1)CCN(Cc1csc(-c3ccc(Cl)cc3)n1)C2. The number of halogens is 1. The first-order chi connectivity index (χ1) is 12.6. The highest BCUT2D eigenvalue weighted by Crippen LogP contribution is 2.26. The van der Waals surface area contributed by atoms with Gasteiger partial charge in [0.25, 0.3) is 0 Å². The predicted octanol–water partition coefficient (Wildman–Crippen LogP) is 4.94. The molecule has 1 aromatic carbocycles. The maximum atomic E-state index is 5.97. The zero-order valence-corrected chi connectivity index (χ0v) is 16.5. The van der Waals surface area contributed by atoms with Crippen molar-refractivity contribution in [3.63, 3.8) is 0 Å². The summed E-state index contributed by atoms with van der Waals surface area (Å²) in [6.45, 7) is 7.03. The molecule has 0 atom stereocenters. The Bertz CT molecular complexity index is 904. The van der Waals surface area contributed by atoms with E-state index in [0.29, 0.717) is 5.92 Å². The van der Waals surface area contributed by atoms with Crippen LogP contribution in [0, 0.1) is 0 Å². The van der Waals surface area contributed by atoms with E-state index >= 15 is 0 Å². The van der Waals surface area contributed by atoms with Gasteiger partial charge in [-0.2, -0.15) is 0 Å². The first-order valence-corrected chi connectivity index (χ1v) is 10.1. The summed E-state index contributed by atoms with van der Waals surface area (Å²) in [6.07, 6.45) is 2.98. The van der Waals surface area contributed by atoms with Crippen LogP contribution in [0.5, 0.6) is 0 Å². The van der Waals surface area contributed by atoms with Gasteiger partial charge in [-0.05, 0) is 12.1 Å². The lowest BCUT2D eigenvalue weighted by molar-refractivity contribution is 0.240. The third-order valence-corrected chi connectivity index (χ3v) is 5.77. The number of hydrogen-bond acceptors (Lipinski definition) is 5. The number of thiazole rings is 1. The minimum atomic E-state index is 0.375. The predicted molar refractivity (Wildman–Crippen MR) is 106 cm³/mol. The minimum absolute atomic E-state index is 0.375. The Labute approximate surface area is 162 Å². The summed E-state index contributed by atoms with van der Waals surface area (Å²) >= 11 is 7.65. The second kappa shape index (κ2) is 7.43. The monoisotopic (exact) mass is 384 g/mol. The molecule has 0 spiro atoms. The molecular weight excluding hydrogens is 364 g/mol. The molecule has 0 saturated heterocycles. The van der Waals surface area contributed by atoms with Crippen LogP contribution in [0.15, 0.2) is 35.8 Å². The topological polar surface area (TPSA) is 41.9 Å². The fourth-order valence-electron chi connectivity index (χ4n) is 3.14. The van der Waals surface area contributed by atoms with Gasteiger partial charge in [-0.1, -0.05) is 37.6 Å². The molecule has 6 heteroatoms. The lowest BCUT2D eigenvalue weighted by Crippen LogP contribution is -2.31. The summed E-state index contributed by atoms with van der Waals surface area (Å²) in [4.78, 5) is 16.5. The van der Waals surface area contributed by atoms with Gasteiger partial charge < -0.3 is 0 Å². The number of aromatic nitrogens is 3. The Morgan fingerprint density at radius 3 is 2.77 bits per heavy atom. The van der Waals surface area contributed by atoms with E-state index in [0.717, 1.165) is 53.2 Å². The minimum Gasteiger partial charge on any atom is -0.293 e. The van der Waals surface area contributed by atoms with Crippen molar-refractivity contribution in [3.05, 3.63) is 63.6 Å². The van der Waals surface area contributed by atoms with Crippen molar-refractivity contribution < 1.29 is 0 Å². The van der Waals surface area contributed by atoms with E-state index in [1.165, 1.54) is 11.3 Å². The molecule has 134 valence electrons. The third kappa shape index (κ3) is 3.80. The Balaban J connectivity index is 1.45. The fourth-order valence-corrected chi connectivity index (χ4v) is 4.08. The quantitative estimate of drug-likeness (QED) is 0.639. The molecule has 0 N–H and O–H groups in total. The molecule has 0 radical (unpaired) electrons. The van der Waals surface area contributed by atoms with Crippen LogP contribution in [-0.2, 0) is 19.5 Å². The van der Waals surface area contributed by atoms with Gasteiger partial charge in [-0.25, -0.2) is 15.0 Å². The lowest BCUT2D eigenvalue weighted by atomic mass is 10.1. The van der Waals surface area contributed by atoms with Gasteiger partial charge in [0.05, 0.1) is 5.69 Å². The average molecular weight is 385 g/mol. The van der Waals surface area contributed by atoms with E-state index in [4.69, 9.17) is 21.6 Å². The van der Waals surface area contributed by atoms with E-state index < -0.39 is 0 Å². The number of benzene rings is 1. The molecular formula is C20H21ClN4S. The van der Waals surface area contributed by atoms with Gasteiger partial charge in [0.2, 0.25) is 0 Å². The zero-order valence-electron chi connectivity index (χ0n) is 14.9. The lowest BCUT2D eigenvalue weighted by Gasteiger charge is -2.27. The highest BCUT2D eigenvalue weighted by atomic mass is 35.5. The Hall–Kier alpha value is -1.82. The fraction of sp³-hybridized carbons (Fsp3) is 0.350. The van der Waals surface area contributed by atoms with Crippen LogP contribution < -0.4 is 0 Å². The third-order valence-electron chi connectivity index (χ3n) is 4.58. The van der Waals surface area contributed by atoms with E-state index in [2.05, 4.69) is 29.1 Å². The van der Waals surface area contributed by atoms with Crippen LogP contribution in [0.25, 0.3) is 10.6 Å². The number of rotatable bonds is 4. The van der Waals surface area contributed by atoms with Gasteiger partial charge in [0.15, 0.2) is 0 Å². The smallest absolute Gasteiger partial charge is 0.131 e. The standard InChI is InChI=1S/C20H21ClN4S/c1-13(2)19-22-9-15-10-25(8-7-18(15)24-19)11-17-12-26-20(23-17)14-3-5-16(21)6-4-14/h3-6,9,12-13H,7-8,10-11H2,1-2H3. The molecule has 0 amide bonds. The molecule has 0 saturated carbocycles. The maximum Gasteiger partial charge on any atom is 0.131 e. The second-order valence-corrected chi connectivity index (χ2v) is 8.26. The number of fused-ring (bicyclic) bond motifs is 1. The van der Waals surface area contributed by atoms with E-state index in [1.54, 1.807) is 11.3 Å². The Morgan fingerprint density at radius 2 is 2.00 bits per heavy atom. The second-order valence-electron chi connectivity index (χ2n) is 6.97. The molecule has 3 heterocycles. The molecule has 1 aliphatic heterocycles. The maximum absolute atomic E-state index is 5.97. The first-order valence-electron chi connectivity index (χ1n) is 8.86. The highest BCUT2D eigenvalue weighted by Gasteiger charge is 2.20. The van der Waals surface area contributed by atoms with Crippen molar-refractivity contribution in [2.24, 2.45) is 0 Å². The molecule has 4 rings (SSSR count). The van der Waals surface area contributed by atoms with Crippen molar-refractivity contribution in [3.8, 4) is 10.6 Å². The highest BCUT2D eigenvalue weighted by molar-refractivity contribution is 7.13. The number of nitrogens with zero attached hydrogens (tertiary/aromatic N) is 4. The first kappa shape index (κ1) is 17.6. The van der Waals surface area contributed by atoms with Crippen molar-refractivity contribution in [1.82, 2.24) is 19.9 Å². The van der Waals surface area contributed by atoms with Gasteiger partial charge >= 0.3 is 0 Å². The van der Waals surface area contributed by atoms with Crippen molar-refractivity contribution in [2.75, 3.05) is 6.54 Å². The summed E-state index contributed by atoms with van der Waals surface area (Å²) in [5.74, 6) is 1.32. The van der Waals surface area contributed by atoms with Gasteiger partial charge in [-0.15, -0.1) is 11.3 Å². The molecule has 2 aromatic heterocycles. The van der Waals surface area contributed by atoms with Crippen LogP contribution in [0.4, 0.5) is 0 Å². The molecule has 0 bridgehead atoms. The van der Waals surface area contributed by atoms with Gasteiger partial charge in [0, 0.05) is 65.4 Å². The average Bonchev–Trinajstić information content (AvgIpc) is 3.10. The van der Waals surface area contributed by atoms with Crippen LogP contribution in [0.1, 0.15) is 42.5 Å². The molecule has 4 nitrogen and oxygen atoms in total. The Morgan fingerprint density at radius 1 is 1.19 bits per heavy atom. The summed E-state index contributed by atoms with van der Waals surface area (Å²) in [5.41, 5.74) is 4.68. The molecule has 1 aliphatic rings. The van der Waals surface area contributed by atoms with E-state index in [-0.39, 0.29) is 0 Å². The zero-order chi connectivity index (χ0) is 18.1. The van der Waals surface area contributed by atoms with Crippen LogP contribution in [-0.4, -0.2) is 26.4 Å². The summed E-state index contributed by atoms with van der Waals surface area (Å²) < 4.78 is 0. The number of hydrogen-bond donors (Lipinski definition) is 0.